The number of ether oxygens (including phenoxy) is 1. The second kappa shape index (κ2) is 7.34. The van der Waals surface area contributed by atoms with Gasteiger partial charge in [0.2, 0.25) is 0 Å². The molecule has 0 radical (unpaired) electrons. The third-order valence-corrected chi connectivity index (χ3v) is 3.80. The summed E-state index contributed by atoms with van der Waals surface area (Å²) in [5.41, 5.74) is 1.29. The predicted molar refractivity (Wildman–Crippen MR) is 80.4 cm³/mol. The van der Waals surface area contributed by atoms with Crippen LogP contribution in [0.1, 0.15) is 38.2 Å². The topological polar surface area (TPSA) is 21.3 Å². The summed E-state index contributed by atoms with van der Waals surface area (Å²) in [4.78, 5) is 0. The molecule has 2 heteroatoms. The molecular formula is C17H25NO. The van der Waals surface area contributed by atoms with Crippen LogP contribution in [0.15, 0.2) is 36.9 Å². The molecule has 0 heterocycles. The Morgan fingerprint density at radius 1 is 1.42 bits per heavy atom. The van der Waals surface area contributed by atoms with Crippen LogP contribution in [0.5, 0.6) is 5.75 Å². The number of rotatable bonds is 6. The molecule has 1 saturated carbocycles. The maximum atomic E-state index is 5.56. The van der Waals surface area contributed by atoms with Crippen molar-refractivity contribution in [2.75, 3.05) is 6.61 Å². The highest BCUT2D eigenvalue weighted by atomic mass is 16.5. The Labute approximate surface area is 116 Å². The van der Waals surface area contributed by atoms with E-state index in [9.17, 15) is 0 Å². The van der Waals surface area contributed by atoms with Gasteiger partial charge in [0, 0.05) is 12.6 Å². The Kier molecular flexibility index (Phi) is 5.46. The lowest BCUT2D eigenvalue weighted by molar-refractivity contribution is 0.300. The molecule has 0 spiro atoms. The molecule has 2 rings (SSSR count). The zero-order valence-corrected chi connectivity index (χ0v) is 11.9. The maximum absolute atomic E-state index is 5.56. The van der Waals surface area contributed by atoms with E-state index in [1.54, 1.807) is 6.08 Å². The Bertz CT molecular complexity index is 402. The van der Waals surface area contributed by atoms with Gasteiger partial charge in [-0.2, -0.15) is 0 Å². The molecule has 0 amide bonds. The second-order valence-electron chi connectivity index (χ2n) is 5.60. The summed E-state index contributed by atoms with van der Waals surface area (Å²) in [5, 5.41) is 3.68. The zero-order chi connectivity index (χ0) is 13.5. The fourth-order valence-electron chi connectivity index (χ4n) is 2.78. The Morgan fingerprint density at radius 2 is 2.32 bits per heavy atom. The van der Waals surface area contributed by atoms with E-state index in [4.69, 9.17) is 4.74 Å². The molecule has 1 aromatic carbocycles. The highest BCUT2D eigenvalue weighted by Gasteiger charge is 2.17. The van der Waals surface area contributed by atoms with Crippen molar-refractivity contribution in [3.63, 3.8) is 0 Å². The summed E-state index contributed by atoms with van der Waals surface area (Å²) >= 11 is 0. The fraction of sp³-hybridized carbons (Fsp3) is 0.529. The van der Waals surface area contributed by atoms with Gasteiger partial charge in [0.25, 0.3) is 0 Å². The van der Waals surface area contributed by atoms with E-state index in [1.165, 1.54) is 31.2 Å². The lowest BCUT2D eigenvalue weighted by Gasteiger charge is -2.27. The molecule has 0 bridgehead atoms. The molecule has 1 aliphatic rings. The van der Waals surface area contributed by atoms with Crippen LogP contribution < -0.4 is 10.1 Å². The lowest BCUT2D eigenvalue weighted by atomic mass is 9.87. The van der Waals surface area contributed by atoms with Crippen molar-refractivity contribution in [1.29, 1.82) is 0 Å². The standard InChI is InChI=1S/C17H25NO/c1-3-10-19-17-9-5-7-15(12-17)13-18-16-8-4-6-14(2)11-16/h3,5,7,9,12,14,16,18H,1,4,6,8,10-11,13H2,2H3. The summed E-state index contributed by atoms with van der Waals surface area (Å²) in [7, 11) is 0. The summed E-state index contributed by atoms with van der Waals surface area (Å²) in [6, 6.07) is 9.00. The normalized spacial score (nSPS) is 23.0. The average Bonchev–Trinajstić information content (AvgIpc) is 2.43. The van der Waals surface area contributed by atoms with E-state index in [-0.39, 0.29) is 0 Å². The zero-order valence-electron chi connectivity index (χ0n) is 11.9. The third-order valence-electron chi connectivity index (χ3n) is 3.80. The van der Waals surface area contributed by atoms with Crippen molar-refractivity contribution >= 4 is 0 Å². The summed E-state index contributed by atoms with van der Waals surface area (Å²) in [6.45, 7) is 7.52. The van der Waals surface area contributed by atoms with Gasteiger partial charge in [-0.3, -0.25) is 0 Å². The van der Waals surface area contributed by atoms with Gasteiger partial charge in [-0.05, 0) is 36.5 Å². The number of hydrogen-bond acceptors (Lipinski definition) is 2. The molecule has 1 N–H and O–H groups in total. The molecule has 1 fully saturated rings. The van der Waals surface area contributed by atoms with E-state index in [2.05, 4.69) is 37.0 Å². The van der Waals surface area contributed by atoms with Gasteiger partial charge in [0.1, 0.15) is 12.4 Å². The van der Waals surface area contributed by atoms with Crippen molar-refractivity contribution in [2.45, 2.75) is 45.2 Å². The Balaban J connectivity index is 1.83. The first kappa shape index (κ1) is 14.1. The fourth-order valence-corrected chi connectivity index (χ4v) is 2.78. The van der Waals surface area contributed by atoms with Crippen molar-refractivity contribution in [3.05, 3.63) is 42.5 Å². The SMILES string of the molecule is C=CCOc1cccc(CNC2CCCC(C)C2)c1. The molecule has 19 heavy (non-hydrogen) atoms. The number of nitrogens with one attached hydrogen (secondary N) is 1. The van der Waals surface area contributed by atoms with Crippen LogP contribution in [0.25, 0.3) is 0 Å². The van der Waals surface area contributed by atoms with Crippen molar-refractivity contribution < 1.29 is 4.74 Å². The monoisotopic (exact) mass is 259 g/mol. The highest BCUT2D eigenvalue weighted by molar-refractivity contribution is 5.28. The van der Waals surface area contributed by atoms with Crippen molar-refractivity contribution in [1.82, 2.24) is 5.32 Å². The van der Waals surface area contributed by atoms with Gasteiger partial charge in [-0.25, -0.2) is 0 Å². The van der Waals surface area contributed by atoms with Gasteiger partial charge in [-0.15, -0.1) is 0 Å². The first-order valence-electron chi connectivity index (χ1n) is 7.34. The minimum atomic E-state index is 0.566. The van der Waals surface area contributed by atoms with Gasteiger partial charge in [-0.1, -0.05) is 44.6 Å². The van der Waals surface area contributed by atoms with E-state index < -0.39 is 0 Å². The summed E-state index contributed by atoms with van der Waals surface area (Å²) in [6.07, 6.45) is 7.16. The molecule has 0 aliphatic heterocycles. The molecule has 2 nitrogen and oxygen atoms in total. The smallest absolute Gasteiger partial charge is 0.120 e. The maximum Gasteiger partial charge on any atom is 0.120 e. The average molecular weight is 259 g/mol. The van der Waals surface area contributed by atoms with Gasteiger partial charge in [0.15, 0.2) is 0 Å². The quantitative estimate of drug-likeness (QED) is 0.782. The molecule has 2 atom stereocenters. The van der Waals surface area contributed by atoms with Gasteiger partial charge in [0.05, 0.1) is 0 Å². The van der Waals surface area contributed by atoms with Gasteiger partial charge < -0.3 is 10.1 Å². The van der Waals surface area contributed by atoms with Crippen LogP contribution in [-0.4, -0.2) is 12.6 Å². The van der Waals surface area contributed by atoms with E-state index in [1.807, 2.05) is 6.07 Å². The van der Waals surface area contributed by atoms with Crippen LogP contribution in [-0.2, 0) is 6.54 Å². The first-order valence-corrected chi connectivity index (χ1v) is 7.34. The molecule has 0 aromatic heterocycles. The molecule has 0 saturated heterocycles. The molecule has 1 aliphatic carbocycles. The Hall–Kier alpha value is -1.28. The number of hydrogen-bond donors (Lipinski definition) is 1. The van der Waals surface area contributed by atoms with Crippen LogP contribution >= 0.6 is 0 Å². The molecular weight excluding hydrogens is 234 g/mol. The van der Waals surface area contributed by atoms with Crippen molar-refractivity contribution in [2.24, 2.45) is 5.92 Å². The molecule has 104 valence electrons. The predicted octanol–water partition coefficient (Wildman–Crippen LogP) is 3.92. The van der Waals surface area contributed by atoms with Crippen LogP contribution in [0.3, 0.4) is 0 Å². The van der Waals surface area contributed by atoms with E-state index >= 15 is 0 Å². The third kappa shape index (κ3) is 4.71. The molecule has 1 aromatic rings. The molecule has 2 unspecified atom stereocenters. The highest BCUT2D eigenvalue weighted by Crippen LogP contribution is 2.24. The lowest BCUT2D eigenvalue weighted by Crippen LogP contribution is -2.33. The van der Waals surface area contributed by atoms with Gasteiger partial charge >= 0.3 is 0 Å². The minimum absolute atomic E-state index is 0.566. The summed E-state index contributed by atoms with van der Waals surface area (Å²) < 4.78 is 5.56. The first-order chi connectivity index (χ1) is 9.28. The Morgan fingerprint density at radius 3 is 3.11 bits per heavy atom. The van der Waals surface area contributed by atoms with Crippen LogP contribution in [0.2, 0.25) is 0 Å². The minimum Gasteiger partial charge on any atom is -0.490 e. The van der Waals surface area contributed by atoms with E-state index in [0.29, 0.717) is 12.6 Å². The van der Waals surface area contributed by atoms with Crippen molar-refractivity contribution in [3.8, 4) is 5.75 Å². The second-order valence-corrected chi connectivity index (χ2v) is 5.60. The largest absolute Gasteiger partial charge is 0.490 e. The van der Waals surface area contributed by atoms with Crippen LogP contribution in [0.4, 0.5) is 0 Å². The summed E-state index contributed by atoms with van der Waals surface area (Å²) in [5.74, 6) is 1.80. The number of benzene rings is 1. The van der Waals surface area contributed by atoms with E-state index in [0.717, 1.165) is 18.2 Å². The van der Waals surface area contributed by atoms with Crippen LogP contribution in [0, 0.1) is 5.92 Å².